The Bertz CT molecular complexity index is 408. The molecule has 0 N–H and O–H groups in total. The highest BCUT2D eigenvalue weighted by Crippen LogP contribution is 2.23. The van der Waals surface area contributed by atoms with E-state index in [4.69, 9.17) is 9.47 Å². The van der Waals surface area contributed by atoms with E-state index in [0.717, 1.165) is 32.0 Å². The van der Waals surface area contributed by atoms with Crippen molar-refractivity contribution in [3.63, 3.8) is 0 Å². The Morgan fingerprint density at radius 1 is 1.26 bits per heavy atom. The van der Waals surface area contributed by atoms with E-state index in [1.165, 1.54) is 12.1 Å². The molecule has 3 nitrogen and oxygen atoms in total. The number of ether oxygens (including phenoxy) is 2. The van der Waals surface area contributed by atoms with Gasteiger partial charge in [0.05, 0.1) is 6.61 Å². The zero-order chi connectivity index (χ0) is 13.7. The summed E-state index contributed by atoms with van der Waals surface area (Å²) in [6.07, 6.45) is 1.83. The topological polar surface area (TPSA) is 21.7 Å². The average molecular weight is 271 g/mol. The normalized spacial score (nSPS) is 17.6. The summed E-state index contributed by atoms with van der Waals surface area (Å²) in [4.78, 5) is 2.10. The first-order chi connectivity index (χ1) is 9.22. The second-order valence-electron chi connectivity index (χ2n) is 4.53. The Kier molecular flexibility index (Phi) is 5.10. The van der Waals surface area contributed by atoms with Gasteiger partial charge in [-0.3, -0.25) is 4.90 Å². The molecule has 0 bridgehead atoms. The molecule has 0 saturated carbocycles. The van der Waals surface area contributed by atoms with Gasteiger partial charge in [-0.2, -0.15) is 4.39 Å². The van der Waals surface area contributed by atoms with Gasteiger partial charge in [-0.25, -0.2) is 4.39 Å². The molecule has 1 heterocycles. The fraction of sp³-hybridized carbons (Fsp3) is 0.571. The van der Waals surface area contributed by atoms with Crippen LogP contribution in [0.2, 0.25) is 0 Å². The predicted molar refractivity (Wildman–Crippen MR) is 68.1 cm³/mol. The lowest BCUT2D eigenvalue weighted by molar-refractivity contribution is -0.0311. The quantitative estimate of drug-likeness (QED) is 0.794. The van der Waals surface area contributed by atoms with E-state index in [1.54, 1.807) is 0 Å². The molecule has 0 aromatic heterocycles. The summed E-state index contributed by atoms with van der Waals surface area (Å²) in [6, 6.07) is 3.96. The van der Waals surface area contributed by atoms with Crippen LogP contribution in [0.5, 0.6) is 5.75 Å². The largest absolute Gasteiger partial charge is 0.469 e. The highest BCUT2D eigenvalue weighted by atomic mass is 19.2. The van der Waals surface area contributed by atoms with Crippen LogP contribution in [0.4, 0.5) is 8.78 Å². The van der Waals surface area contributed by atoms with Gasteiger partial charge in [0.25, 0.3) is 0 Å². The molecule has 0 spiro atoms. The SMILES string of the molecule is CCOCC(Oc1cccc(F)c1F)N1CCCC1. The van der Waals surface area contributed by atoms with Crippen molar-refractivity contribution in [1.82, 2.24) is 4.90 Å². The molecule has 0 radical (unpaired) electrons. The van der Waals surface area contributed by atoms with Gasteiger partial charge in [-0.15, -0.1) is 0 Å². The standard InChI is InChI=1S/C14H19F2NO2/c1-2-18-10-13(17-8-3-4-9-17)19-12-7-5-6-11(15)14(12)16/h5-7,13H,2-4,8-10H2,1H3. The summed E-state index contributed by atoms with van der Waals surface area (Å²) in [5, 5.41) is 0. The van der Waals surface area contributed by atoms with E-state index in [1.807, 2.05) is 6.92 Å². The van der Waals surface area contributed by atoms with Crippen molar-refractivity contribution in [1.29, 1.82) is 0 Å². The molecule has 0 aliphatic carbocycles. The summed E-state index contributed by atoms with van der Waals surface area (Å²) in [5.41, 5.74) is 0. The van der Waals surface area contributed by atoms with Gasteiger partial charge in [0.1, 0.15) is 0 Å². The first-order valence-electron chi connectivity index (χ1n) is 6.65. The van der Waals surface area contributed by atoms with E-state index < -0.39 is 11.6 Å². The van der Waals surface area contributed by atoms with Crippen LogP contribution in [0, 0.1) is 11.6 Å². The molecule has 19 heavy (non-hydrogen) atoms. The van der Waals surface area contributed by atoms with Gasteiger partial charge in [0.15, 0.2) is 17.8 Å². The minimum Gasteiger partial charge on any atom is -0.469 e. The van der Waals surface area contributed by atoms with Crippen molar-refractivity contribution >= 4 is 0 Å². The molecule has 5 heteroatoms. The zero-order valence-corrected chi connectivity index (χ0v) is 11.1. The summed E-state index contributed by atoms with van der Waals surface area (Å²) in [5.74, 6) is -1.89. The maximum atomic E-state index is 13.6. The third-order valence-electron chi connectivity index (χ3n) is 3.19. The third-order valence-corrected chi connectivity index (χ3v) is 3.19. The van der Waals surface area contributed by atoms with Crippen molar-refractivity contribution in [2.75, 3.05) is 26.3 Å². The van der Waals surface area contributed by atoms with Crippen molar-refractivity contribution in [2.45, 2.75) is 26.0 Å². The van der Waals surface area contributed by atoms with E-state index >= 15 is 0 Å². The maximum Gasteiger partial charge on any atom is 0.200 e. The Balaban J connectivity index is 2.07. The highest BCUT2D eigenvalue weighted by molar-refractivity contribution is 5.25. The molecule has 1 aromatic rings. The molecule has 106 valence electrons. The summed E-state index contributed by atoms with van der Waals surface area (Å²) < 4.78 is 37.7. The molecular formula is C14H19F2NO2. The number of likely N-dealkylation sites (tertiary alicyclic amines) is 1. The Hall–Kier alpha value is -1.20. The second kappa shape index (κ2) is 6.82. The van der Waals surface area contributed by atoms with Crippen molar-refractivity contribution < 1.29 is 18.3 Å². The molecule has 2 rings (SSSR count). The van der Waals surface area contributed by atoms with Crippen LogP contribution in [0.15, 0.2) is 18.2 Å². The molecule has 1 fully saturated rings. The maximum absolute atomic E-state index is 13.6. The van der Waals surface area contributed by atoms with Crippen LogP contribution in [-0.2, 0) is 4.74 Å². The molecule has 1 atom stereocenters. The lowest BCUT2D eigenvalue weighted by Gasteiger charge is -2.27. The minimum atomic E-state index is -0.941. The smallest absolute Gasteiger partial charge is 0.200 e. The highest BCUT2D eigenvalue weighted by Gasteiger charge is 2.25. The van der Waals surface area contributed by atoms with Gasteiger partial charge in [0, 0.05) is 19.7 Å². The van der Waals surface area contributed by atoms with Crippen LogP contribution in [0.3, 0.4) is 0 Å². The van der Waals surface area contributed by atoms with Gasteiger partial charge < -0.3 is 9.47 Å². The molecule has 0 amide bonds. The van der Waals surface area contributed by atoms with Crippen LogP contribution in [0.1, 0.15) is 19.8 Å². The van der Waals surface area contributed by atoms with Crippen LogP contribution < -0.4 is 4.74 Å². The molecule has 1 unspecified atom stereocenters. The predicted octanol–water partition coefficient (Wildman–Crippen LogP) is 2.80. The number of nitrogens with zero attached hydrogens (tertiary/aromatic N) is 1. The van der Waals surface area contributed by atoms with E-state index in [2.05, 4.69) is 4.90 Å². The van der Waals surface area contributed by atoms with E-state index in [-0.39, 0.29) is 12.0 Å². The first-order valence-corrected chi connectivity index (χ1v) is 6.65. The number of benzene rings is 1. The average Bonchev–Trinajstić information content (AvgIpc) is 2.93. The molecule has 1 aliphatic heterocycles. The lowest BCUT2D eigenvalue weighted by atomic mass is 10.3. The molecular weight excluding hydrogens is 252 g/mol. The number of halogens is 2. The van der Waals surface area contributed by atoms with Crippen molar-refractivity contribution in [3.8, 4) is 5.75 Å². The Morgan fingerprint density at radius 3 is 2.68 bits per heavy atom. The van der Waals surface area contributed by atoms with Gasteiger partial charge in [0.2, 0.25) is 5.82 Å². The van der Waals surface area contributed by atoms with Crippen LogP contribution >= 0.6 is 0 Å². The fourth-order valence-corrected chi connectivity index (χ4v) is 2.18. The summed E-state index contributed by atoms with van der Waals surface area (Å²) >= 11 is 0. The fourth-order valence-electron chi connectivity index (χ4n) is 2.18. The van der Waals surface area contributed by atoms with Crippen LogP contribution in [0.25, 0.3) is 0 Å². The number of rotatable bonds is 6. The van der Waals surface area contributed by atoms with Crippen LogP contribution in [-0.4, -0.2) is 37.4 Å². The monoisotopic (exact) mass is 271 g/mol. The van der Waals surface area contributed by atoms with E-state index in [0.29, 0.717) is 13.2 Å². The lowest BCUT2D eigenvalue weighted by Crippen LogP contribution is -2.41. The van der Waals surface area contributed by atoms with Crippen molar-refractivity contribution in [2.24, 2.45) is 0 Å². The summed E-state index contributed by atoms with van der Waals surface area (Å²) in [7, 11) is 0. The minimum absolute atomic E-state index is 0.0587. The number of hydrogen-bond donors (Lipinski definition) is 0. The zero-order valence-electron chi connectivity index (χ0n) is 11.1. The summed E-state index contributed by atoms with van der Waals surface area (Å²) in [6.45, 7) is 4.61. The second-order valence-corrected chi connectivity index (χ2v) is 4.53. The van der Waals surface area contributed by atoms with Gasteiger partial charge >= 0.3 is 0 Å². The molecule has 1 aliphatic rings. The Morgan fingerprint density at radius 2 is 2.00 bits per heavy atom. The Labute approximate surface area is 112 Å². The third kappa shape index (κ3) is 3.64. The van der Waals surface area contributed by atoms with Crippen molar-refractivity contribution in [3.05, 3.63) is 29.8 Å². The molecule has 1 aromatic carbocycles. The molecule has 1 saturated heterocycles. The number of hydrogen-bond acceptors (Lipinski definition) is 3. The van der Waals surface area contributed by atoms with Gasteiger partial charge in [-0.05, 0) is 31.9 Å². The van der Waals surface area contributed by atoms with E-state index in [9.17, 15) is 8.78 Å². The first kappa shape index (κ1) is 14.2. The van der Waals surface area contributed by atoms with Gasteiger partial charge in [-0.1, -0.05) is 6.07 Å².